The summed E-state index contributed by atoms with van der Waals surface area (Å²) in [5.74, 6) is -2.23. The monoisotopic (exact) mass is 400 g/mol. The third-order valence-electron chi connectivity index (χ3n) is 5.53. The molecular weight excluding hydrogens is 376 g/mol. The van der Waals surface area contributed by atoms with Crippen LogP contribution in [-0.2, 0) is 38.0 Å². The molecule has 3 rings (SSSR count). The fourth-order valence-corrected chi connectivity index (χ4v) is 3.70. The molecule has 2 aliphatic heterocycles. The van der Waals surface area contributed by atoms with Crippen LogP contribution in [-0.4, -0.2) is 62.9 Å². The maximum Gasteiger partial charge on any atom is 0.508 e. The Morgan fingerprint density at radius 3 is 1.93 bits per heavy atom. The van der Waals surface area contributed by atoms with Gasteiger partial charge in [0.1, 0.15) is 26.4 Å². The van der Waals surface area contributed by atoms with Crippen LogP contribution in [0.1, 0.15) is 26.7 Å². The van der Waals surface area contributed by atoms with Gasteiger partial charge in [0.05, 0.1) is 11.8 Å². The van der Waals surface area contributed by atoms with E-state index in [0.717, 1.165) is 6.42 Å². The highest BCUT2D eigenvalue weighted by molar-refractivity contribution is 5.82. The van der Waals surface area contributed by atoms with E-state index in [1.54, 1.807) is 0 Å². The number of ether oxygens (including phenoxy) is 6. The SMILES string of the molecule is CC1CCC(C(=O)OCC2COC(=O)O2)C(C(=O)OCC2COC(=O)O2)C1C. The van der Waals surface area contributed by atoms with Crippen molar-refractivity contribution in [1.29, 1.82) is 0 Å². The summed E-state index contributed by atoms with van der Waals surface area (Å²) in [6.07, 6.45) is -1.60. The van der Waals surface area contributed by atoms with Crippen molar-refractivity contribution >= 4 is 24.2 Å². The molecule has 3 fully saturated rings. The van der Waals surface area contributed by atoms with Crippen LogP contribution in [0.2, 0.25) is 0 Å². The third-order valence-corrected chi connectivity index (χ3v) is 5.53. The zero-order chi connectivity index (χ0) is 20.3. The summed E-state index contributed by atoms with van der Waals surface area (Å²) in [5.41, 5.74) is 0. The number of esters is 2. The second kappa shape index (κ2) is 8.66. The topological polar surface area (TPSA) is 124 Å². The molecule has 0 aromatic rings. The standard InChI is InChI=1S/C18H24O10/c1-9-3-4-13(15(19)23-5-11-7-25-17(21)27-11)14(10(9)2)16(20)24-6-12-8-26-18(22)28-12/h9-14H,3-8H2,1-2H3. The van der Waals surface area contributed by atoms with Gasteiger partial charge in [-0.25, -0.2) is 9.59 Å². The van der Waals surface area contributed by atoms with Crippen molar-refractivity contribution in [1.82, 2.24) is 0 Å². The normalized spacial score (nSPS) is 34.6. The van der Waals surface area contributed by atoms with Crippen molar-refractivity contribution in [2.75, 3.05) is 26.4 Å². The van der Waals surface area contributed by atoms with Crippen molar-refractivity contribution < 1.29 is 47.6 Å². The Morgan fingerprint density at radius 1 is 0.893 bits per heavy atom. The molecule has 0 radical (unpaired) electrons. The maximum absolute atomic E-state index is 12.7. The number of hydrogen-bond acceptors (Lipinski definition) is 10. The van der Waals surface area contributed by atoms with E-state index >= 15 is 0 Å². The van der Waals surface area contributed by atoms with Crippen LogP contribution in [0.3, 0.4) is 0 Å². The molecule has 0 aromatic carbocycles. The van der Waals surface area contributed by atoms with Crippen LogP contribution in [0.4, 0.5) is 9.59 Å². The maximum atomic E-state index is 12.7. The molecule has 156 valence electrons. The molecule has 28 heavy (non-hydrogen) atoms. The van der Waals surface area contributed by atoms with Gasteiger partial charge >= 0.3 is 24.2 Å². The summed E-state index contributed by atoms with van der Waals surface area (Å²) >= 11 is 0. The first-order valence-electron chi connectivity index (χ1n) is 9.35. The van der Waals surface area contributed by atoms with Crippen molar-refractivity contribution in [3.63, 3.8) is 0 Å². The van der Waals surface area contributed by atoms with Crippen LogP contribution >= 0.6 is 0 Å². The molecule has 0 bridgehead atoms. The van der Waals surface area contributed by atoms with Gasteiger partial charge in [0.25, 0.3) is 0 Å². The van der Waals surface area contributed by atoms with Crippen molar-refractivity contribution in [2.45, 2.75) is 38.9 Å². The first kappa shape index (κ1) is 20.2. The summed E-state index contributed by atoms with van der Waals surface area (Å²) in [6, 6.07) is 0. The molecular formula is C18H24O10. The highest BCUT2D eigenvalue weighted by Gasteiger charge is 2.45. The molecule has 10 nitrogen and oxygen atoms in total. The summed E-state index contributed by atoms with van der Waals surface area (Å²) < 4.78 is 29.6. The number of rotatable bonds is 6. The molecule has 0 amide bonds. The zero-order valence-corrected chi connectivity index (χ0v) is 15.8. The lowest BCUT2D eigenvalue weighted by Crippen LogP contribution is -2.43. The Balaban J connectivity index is 1.57. The highest BCUT2D eigenvalue weighted by atomic mass is 16.8. The quantitative estimate of drug-likeness (QED) is 0.478. The van der Waals surface area contributed by atoms with E-state index < -0.39 is 48.3 Å². The minimum absolute atomic E-state index is 0.0242. The Hall–Kier alpha value is -2.52. The van der Waals surface area contributed by atoms with Crippen LogP contribution < -0.4 is 0 Å². The van der Waals surface area contributed by atoms with Gasteiger partial charge in [0, 0.05) is 0 Å². The lowest BCUT2D eigenvalue weighted by molar-refractivity contribution is -0.169. The fourth-order valence-electron chi connectivity index (χ4n) is 3.70. The lowest BCUT2D eigenvalue weighted by Gasteiger charge is -2.37. The van der Waals surface area contributed by atoms with Crippen LogP contribution in [0.25, 0.3) is 0 Å². The van der Waals surface area contributed by atoms with E-state index in [2.05, 4.69) is 9.47 Å². The first-order chi connectivity index (χ1) is 13.3. The Kier molecular flexibility index (Phi) is 6.25. The molecule has 2 heterocycles. The molecule has 10 heteroatoms. The molecule has 0 aromatic heterocycles. The van der Waals surface area contributed by atoms with E-state index in [9.17, 15) is 19.2 Å². The van der Waals surface area contributed by atoms with Gasteiger partial charge < -0.3 is 28.4 Å². The molecule has 6 unspecified atom stereocenters. The largest absolute Gasteiger partial charge is 0.508 e. The van der Waals surface area contributed by atoms with Crippen LogP contribution in [0.15, 0.2) is 0 Å². The van der Waals surface area contributed by atoms with E-state index in [0.29, 0.717) is 6.42 Å². The van der Waals surface area contributed by atoms with Gasteiger partial charge in [-0.1, -0.05) is 13.8 Å². The minimum Gasteiger partial charge on any atom is -0.461 e. The predicted octanol–water partition coefficient (Wildman–Crippen LogP) is 1.44. The van der Waals surface area contributed by atoms with Crippen molar-refractivity contribution in [3.05, 3.63) is 0 Å². The fraction of sp³-hybridized carbons (Fsp3) is 0.778. The highest BCUT2D eigenvalue weighted by Crippen LogP contribution is 2.40. The van der Waals surface area contributed by atoms with E-state index in [1.165, 1.54) is 0 Å². The number of hydrogen-bond donors (Lipinski definition) is 0. The van der Waals surface area contributed by atoms with Crippen molar-refractivity contribution in [3.8, 4) is 0 Å². The zero-order valence-electron chi connectivity index (χ0n) is 15.8. The minimum atomic E-state index is -0.793. The van der Waals surface area contributed by atoms with Gasteiger partial charge in [-0.05, 0) is 24.7 Å². The first-order valence-corrected chi connectivity index (χ1v) is 9.35. The number of carbonyl (C=O) groups is 4. The van der Waals surface area contributed by atoms with Gasteiger partial charge in [-0.3, -0.25) is 9.59 Å². The average molecular weight is 400 g/mol. The molecule has 3 aliphatic rings. The van der Waals surface area contributed by atoms with Gasteiger partial charge in [0.15, 0.2) is 12.2 Å². The summed E-state index contributed by atoms with van der Waals surface area (Å²) in [5, 5.41) is 0. The molecule has 0 spiro atoms. The molecule has 1 saturated carbocycles. The van der Waals surface area contributed by atoms with Crippen LogP contribution in [0, 0.1) is 23.7 Å². The lowest BCUT2D eigenvalue weighted by atomic mass is 9.68. The summed E-state index contributed by atoms with van der Waals surface area (Å²) in [6.45, 7) is 3.73. The van der Waals surface area contributed by atoms with Crippen molar-refractivity contribution in [2.24, 2.45) is 23.7 Å². The summed E-state index contributed by atoms with van der Waals surface area (Å²) in [7, 11) is 0. The van der Waals surface area contributed by atoms with Gasteiger partial charge in [-0.2, -0.15) is 0 Å². The average Bonchev–Trinajstić information content (AvgIpc) is 3.27. The molecule has 2 saturated heterocycles. The molecule has 0 N–H and O–H groups in total. The molecule has 6 atom stereocenters. The van der Waals surface area contributed by atoms with E-state index in [4.69, 9.17) is 18.9 Å². The van der Waals surface area contributed by atoms with Crippen LogP contribution in [0.5, 0.6) is 0 Å². The number of cyclic esters (lactones) is 4. The molecule has 1 aliphatic carbocycles. The predicted molar refractivity (Wildman–Crippen MR) is 88.9 cm³/mol. The van der Waals surface area contributed by atoms with Gasteiger partial charge in [-0.15, -0.1) is 0 Å². The summed E-state index contributed by atoms with van der Waals surface area (Å²) in [4.78, 5) is 47.2. The van der Waals surface area contributed by atoms with E-state index in [1.807, 2.05) is 13.8 Å². The second-order valence-corrected chi connectivity index (χ2v) is 7.41. The Labute approximate surface area is 161 Å². The van der Waals surface area contributed by atoms with Gasteiger partial charge in [0.2, 0.25) is 0 Å². The Bertz CT molecular complexity index is 632. The Morgan fingerprint density at radius 2 is 1.43 bits per heavy atom. The van der Waals surface area contributed by atoms with E-state index in [-0.39, 0.29) is 38.3 Å². The number of carbonyl (C=O) groups excluding carboxylic acids is 4. The smallest absolute Gasteiger partial charge is 0.461 e. The third kappa shape index (κ3) is 4.66. The second-order valence-electron chi connectivity index (χ2n) is 7.41.